The van der Waals surface area contributed by atoms with Crippen molar-refractivity contribution in [3.8, 4) is 0 Å². The number of carbonyl (C=O) groups is 3. The third-order valence-electron chi connectivity index (χ3n) is 4.16. The number of hydrogen-bond acceptors (Lipinski definition) is 3. The highest BCUT2D eigenvalue weighted by Crippen LogP contribution is 2.09. The minimum absolute atomic E-state index is 0.0346. The van der Waals surface area contributed by atoms with Crippen molar-refractivity contribution >= 4 is 17.7 Å². The van der Waals surface area contributed by atoms with Crippen molar-refractivity contribution < 1.29 is 23.2 Å². The Morgan fingerprint density at radius 3 is 2.62 bits per heavy atom. The third kappa shape index (κ3) is 6.42. The fourth-order valence-electron chi connectivity index (χ4n) is 2.81. The molecule has 6 nitrogen and oxygen atoms in total. The van der Waals surface area contributed by atoms with Gasteiger partial charge < -0.3 is 16.0 Å². The fraction of sp³-hybridized carbons (Fsp3) is 0.500. The van der Waals surface area contributed by atoms with Gasteiger partial charge in [-0.1, -0.05) is 6.42 Å². The Labute approximate surface area is 150 Å². The molecule has 3 amide bonds. The van der Waals surface area contributed by atoms with Crippen molar-refractivity contribution in [1.29, 1.82) is 0 Å². The number of hydrogen-bond donors (Lipinski definition) is 3. The smallest absolute Gasteiger partial charge is 0.242 e. The monoisotopic (exact) mass is 367 g/mol. The highest BCUT2D eigenvalue weighted by atomic mass is 19.1. The maximum absolute atomic E-state index is 13.2. The minimum Gasteiger partial charge on any atom is -0.354 e. The Balaban J connectivity index is 1.83. The van der Waals surface area contributed by atoms with E-state index in [1.807, 2.05) is 0 Å². The Hall–Kier alpha value is -2.51. The number of halogens is 2. The molecule has 1 fully saturated rings. The van der Waals surface area contributed by atoms with Crippen LogP contribution >= 0.6 is 0 Å². The topological polar surface area (TPSA) is 87.3 Å². The summed E-state index contributed by atoms with van der Waals surface area (Å²) in [5, 5.41) is 8.07. The molecule has 1 aliphatic rings. The first-order valence-corrected chi connectivity index (χ1v) is 8.65. The van der Waals surface area contributed by atoms with Gasteiger partial charge in [-0.3, -0.25) is 14.4 Å². The molecule has 1 heterocycles. The number of nitrogens with one attached hydrogen (secondary N) is 3. The number of carbonyl (C=O) groups excluding carboxylic acids is 3. The van der Waals surface area contributed by atoms with Crippen molar-refractivity contribution in [2.75, 3.05) is 6.54 Å². The van der Waals surface area contributed by atoms with Gasteiger partial charge in [0.15, 0.2) is 0 Å². The van der Waals surface area contributed by atoms with E-state index in [9.17, 15) is 23.2 Å². The van der Waals surface area contributed by atoms with E-state index < -0.39 is 23.6 Å². The summed E-state index contributed by atoms with van der Waals surface area (Å²) in [5.41, 5.74) is 0.190. The molecule has 2 rings (SSSR count). The molecule has 0 aliphatic carbocycles. The van der Waals surface area contributed by atoms with Crippen LogP contribution in [0.5, 0.6) is 0 Å². The second kappa shape index (κ2) is 9.26. The molecule has 1 aromatic rings. The lowest BCUT2D eigenvalue weighted by Crippen LogP contribution is -2.51. The second-order valence-corrected chi connectivity index (χ2v) is 6.50. The molecule has 2 atom stereocenters. The van der Waals surface area contributed by atoms with E-state index >= 15 is 0 Å². The standard InChI is InChI=1S/C18H23F2N3O3/c1-11(18(26)23-15-4-2-3-5-16(24)21-10-15)22-17(25)8-12-6-13(19)9-14(20)7-12/h6-7,9,11,15H,2-5,8,10H2,1H3,(H,21,24)(H,22,25)(H,23,26)/t11-,15?/m0/s1. The van der Waals surface area contributed by atoms with Gasteiger partial charge in [0, 0.05) is 25.1 Å². The van der Waals surface area contributed by atoms with Gasteiger partial charge in [0.25, 0.3) is 0 Å². The van der Waals surface area contributed by atoms with Crippen molar-refractivity contribution in [3.05, 3.63) is 35.4 Å². The normalized spacial score (nSPS) is 18.9. The fourth-order valence-corrected chi connectivity index (χ4v) is 2.81. The maximum atomic E-state index is 13.2. The number of benzene rings is 1. The largest absolute Gasteiger partial charge is 0.354 e. The van der Waals surface area contributed by atoms with Gasteiger partial charge in [-0.25, -0.2) is 8.78 Å². The van der Waals surface area contributed by atoms with E-state index in [-0.39, 0.29) is 29.8 Å². The van der Waals surface area contributed by atoms with Crippen molar-refractivity contribution in [1.82, 2.24) is 16.0 Å². The Bertz CT molecular complexity index is 661. The molecule has 1 aliphatic heterocycles. The summed E-state index contributed by atoms with van der Waals surface area (Å²) in [5.74, 6) is -2.44. The van der Waals surface area contributed by atoms with E-state index in [4.69, 9.17) is 0 Å². The van der Waals surface area contributed by atoms with Crippen LogP contribution in [-0.4, -0.2) is 36.3 Å². The summed E-state index contributed by atoms with van der Waals surface area (Å²) in [7, 11) is 0. The predicted octanol–water partition coefficient (Wildman–Crippen LogP) is 1.19. The van der Waals surface area contributed by atoms with Crippen LogP contribution in [-0.2, 0) is 20.8 Å². The van der Waals surface area contributed by atoms with Crippen LogP contribution in [0, 0.1) is 11.6 Å². The average molecular weight is 367 g/mol. The molecule has 3 N–H and O–H groups in total. The molecule has 0 radical (unpaired) electrons. The highest BCUT2D eigenvalue weighted by Gasteiger charge is 2.21. The first-order chi connectivity index (χ1) is 12.3. The first-order valence-electron chi connectivity index (χ1n) is 8.65. The van der Waals surface area contributed by atoms with E-state index in [1.165, 1.54) is 6.92 Å². The van der Waals surface area contributed by atoms with Gasteiger partial charge in [-0.2, -0.15) is 0 Å². The maximum Gasteiger partial charge on any atom is 0.242 e. The van der Waals surface area contributed by atoms with Gasteiger partial charge in [-0.15, -0.1) is 0 Å². The lowest BCUT2D eigenvalue weighted by atomic mass is 10.0. The Morgan fingerprint density at radius 1 is 1.23 bits per heavy atom. The van der Waals surface area contributed by atoms with Gasteiger partial charge in [0.1, 0.15) is 17.7 Å². The number of rotatable bonds is 5. The quantitative estimate of drug-likeness (QED) is 0.731. The van der Waals surface area contributed by atoms with Crippen LogP contribution in [0.2, 0.25) is 0 Å². The van der Waals surface area contributed by atoms with E-state index in [2.05, 4.69) is 16.0 Å². The van der Waals surface area contributed by atoms with Crippen molar-refractivity contribution in [2.24, 2.45) is 0 Å². The van der Waals surface area contributed by atoms with Crippen LogP contribution in [0.3, 0.4) is 0 Å². The van der Waals surface area contributed by atoms with E-state index in [0.29, 0.717) is 13.0 Å². The molecular weight excluding hydrogens is 344 g/mol. The van der Waals surface area contributed by atoms with Gasteiger partial charge in [0.2, 0.25) is 17.7 Å². The third-order valence-corrected chi connectivity index (χ3v) is 4.16. The second-order valence-electron chi connectivity index (χ2n) is 6.50. The van der Waals surface area contributed by atoms with Gasteiger partial charge in [0.05, 0.1) is 6.42 Å². The highest BCUT2D eigenvalue weighted by molar-refractivity contribution is 5.88. The molecule has 1 unspecified atom stereocenters. The summed E-state index contributed by atoms with van der Waals surface area (Å²) in [6, 6.07) is 1.88. The molecule has 1 aromatic carbocycles. The summed E-state index contributed by atoms with van der Waals surface area (Å²) < 4.78 is 26.3. The average Bonchev–Trinajstić information content (AvgIpc) is 2.52. The molecule has 0 saturated carbocycles. The first kappa shape index (κ1) is 19.8. The van der Waals surface area contributed by atoms with Crippen molar-refractivity contribution in [2.45, 2.75) is 51.1 Å². The molecule has 1 saturated heterocycles. The number of amides is 3. The van der Waals surface area contributed by atoms with Crippen LogP contribution in [0.1, 0.15) is 38.2 Å². The molecule has 8 heteroatoms. The van der Waals surface area contributed by atoms with E-state index in [0.717, 1.165) is 37.5 Å². The lowest BCUT2D eigenvalue weighted by Gasteiger charge is -2.23. The summed E-state index contributed by atoms with van der Waals surface area (Å²) in [4.78, 5) is 35.7. The zero-order valence-electron chi connectivity index (χ0n) is 14.6. The van der Waals surface area contributed by atoms with Crippen molar-refractivity contribution in [3.63, 3.8) is 0 Å². The van der Waals surface area contributed by atoms with Crippen LogP contribution in [0.25, 0.3) is 0 Å². The van der Waals surface area contributed by atoms with Crippen LogP contribution in [0.15, 0.2) is 18.2 Å². The molecule has 0 spiro atoms. The lowest BCUT2D eigenvalue weighted by molar-refractivity contribution is -0.129. The zero-order chi connectivity index (χ0) is 19.1. The summed E-state index contributed by atoms with van der Waals surface area (Å²) in [6.45, 7) is 1.88. The Morgan fingerprint density at radius 2 is 1.92 bits per heavy atom. The molecule has 142 valence electrons. The molecule has 26 heavy (non-hydrogen) atoms. The summed E-state index contributed by atoms with van der Waals surface area (Å²) >= 11 is 0. The Kier molecular flexibility index (Phi) is 7.06. The zero-order valence-corrected chi connectivity index (χ0v) is 14.6. The molecular formula is C18H23F2N3O3. The summed E-state index contributed by atoms with van der Waals surface area (Å²) in [6.07, 6.45) is 2.62. The minimum atomic E-state index is -0.804. The molecule has 0 bridgehead atoms. The van der Waals surface area contributed by atoms with Crippen LogP contribution < -0.4 is 16.0 Å². The predicted molar refractivity (Wildman–Crippen MR) is 91.1 cm³/mol. The van der Waals surface area contributed by atoms with Gasteiger partial charge >= 0.3 is 0 Å². The molecule has 0 aromatic heterocycles. The SMILES string of the molecule is C[C@H](NC(=O)Cc1cc(F)cc(F)c1)C(=O)NC1CCCCC(=O)NC1. The van der Waals surface area contributed by atoms with Gasteiger partial charge in [-0.05, 0) is 37.5 Å². The van der Waals surface area contributed by atoms with E-state index in [1.54, 1.807) is 0 Å². The van der Waals surface area contributed by atoms with Crippen LogP contribution in [0.4, 0.5) is 8.78 Å².